The van der Waals surface area contributed by atoms with Gasteiger partial charge >= 0.3 is 0 Å². The van der Waals surface area contributed by atoms with Gasteiger partial charge in [0.05, 0.1) is 6.61 Å². The van der Waals surface area contributed by atoms with Crippen molar-refractivity contribution >= 4 is 11.0 Å². The Morgan fingerprint density at radius 2 is 2.26 bits per heavy atom. The summed E-state index contributed by atoms with van der Waals surface area (Å²) in [6, 6.07) is 4.01. The van der Waals surface area contributed by atoms with Gasteiger partial charge in [-0.3, -0.25) is 0 Å². The molecule has 4 rings (SSSR count). The molecule has 3 atom stereocenters. The second kappa shape index (κ2) is 4.34. The molecule has 0 aliphatic heterocycles. The SMILES string of the molecule is OCc1cn(CC2CC3CCC2C3)c2ncccc12. The standard InChI is InChI=1S/C16H20N2O/c19-10-14-9-18(16-15(14)2-1-5-17-16)8-13-7-11-3-4-12(13)6-11/h1-2,5,9,11-13,19H,3-4,6-8,10H2. The van der Waals surface area contributed by atoms with Crippen LogP contribution in [0.15, 0.2) is 24.5 Å². The van der Waals surface area contributed by atoms with Gasteiger partial charge in [0.15, 0.2) is 0 Å². The van der Waals surface area contributed by atoms with E-state index in [1.165, 1.54) is 25.7 Å². The molecule has 1 N–H and O–H groups in total. The Labute approximate surface area is 113 Å². The lowest BCUT2D eigenvalue weighted by atomic mass is 9.89. The fourth-order valence-corrected chi connectivity index (χ4v) is 4.31. The molecule has 3 nitrogen and oxygen atoms in total. The molecule has 2 heterocycles. The maximum atomic E-state index is 9.47. The number of hydrogen-bond acceptors (Lipinski definition) is 2. The summed E-state index contributed by atoms with van der Waals surface area (Å²) in [5.74, 6) is 2.74. The minimum absolute atomic E-state index is 0.103. The highest BCUT2D eigenvalue weighted by Crippen LogP contribution is 2.49. The van der Waals surface area contributed by atoms with Gasteiger partial charge in [0.1, 0.15) is 5.65 Å². The lowest BCUT2D eigenvalue weighted by Gasteiger charge is -2.22. The second-order valence-corrected chi connectivity index (χ2v) is 6.27. The van der Waals surface area contributed by atoms with E-state index in [0.29, 0.717) is 0 Å². The normalized spacial score (nSPS) is 29.4. The topological polar surface area (TPSA) is 38.0 Å². The minimum atomic E-state index is 0.103. The third kappa shape index (κ3) is 1.79. The molecule has 2 saturated carbocycles. The molecule has 3 heteroatoms. The molecule has 0 radical (unpaired) electrons. The molecule has 0 saturated heterocycles. The van der Waals surface area contributed by atoms with Gasteiger partial charge in [-0.1, -0.05) is 6.42 Å². The van der Waals surface area contributed by atoms with E-state index in [1.807, 2.05) is 12.3 Å². The number of hydrogen-bond donors (Lipinski definition) is 1. The molecule has 19 heavy (non-hydrogen) atoms. The van der Waals surface area contributed by atoms with Crippen LogP contribution in [-0.4, -0.2) is 14.7 Å². The van der Waals surface area contributed by atoms with Crippen molar-refractivity contribution in [2.75, 3.05) is 0 Å². The fraction of sp³-hybridized carbons (Fsp3) is 0.562. The lowest BCUT2D eigenvalue weighted by molar-refractivity contribution is 0.280. The third-order valence-corrected chi connectivity index (χ3v) is 5.20. The van der Waals surface area contributed by atoms with Gasteiger partial charge in [-0.05, 0) is 49.1 Å². The summed E-state index contributed by atoms with van der Waals surface area (Å²) in [5.41, 5.74) is 2.04. The second-order valence-electron chi connectivity index (χ2n) is 6.27. The van der Waals surface area contributed by atoms with Crippen molar-refractivity contribution in [1.82, 2.24) is 9.55 Å². The number of pyridine rings is 1. The quantitative estimate of drug-likeness (QED) is 0.916. The number of aromatic nitrogens is 2. The van der Waals surface area contributed by atoms with Gasteiger partial charge in [0.25, 0.3) is 0 Å². The maximum absolute atomic E-state index is 9.47. The van der Waals surface area contributed by atoms with Crippen molar-refractivity contribution < 1.29 is 5.11 Å². The van der Waals surface area contributed by atoms with Crippen LogP contribution in [-0.2, 0) is 13.2 Å². The minimum Gasteiger partial charge on any atom is -0.392 e. The summed E-state index contributed by atoms with van der Waals surface area (Å²) < 4.78 is 2.27. The summed E-state index contributed by atoms with van der Waals surface area (Å²) in [5, 5.41) is 10.6. The smallest absolute Gasteiger partial charge is 0.140 e. The van der Waals surface area contributed by atoms with E-state index in [2.05, 4.69) is 21.8 Å². The van der Waals surface area contributed by atoms with E-state index in [9.17, 15) is 5.11 Å². The number of aliphatic hydroxyl groups excluding tert-OH is 1. The van der Waals surface area contributed by atoms with Crippen molar-refractivity contribution in [3.63, 3.8) is 0 Å². The molecule has 2 aliphatic rings. The summed E-state index contributed by atoms with van der Waals surface area (Å²) in [7, 11) is 0. The highest BCUT2D eigenvalue weighted by atomic mass is 16.3. The van der Waals surface area contributed by atoms with Gasteiger partial charge in [-0.2, -0.15) is 0 Å². The highest BCUT2D eigenvalue weighted by Gasteiger charge is 2.39. The Kier molecular flexibility index (Phi) is 2.62. The van der Waals surface area contributed by atoms with Crippen LogP contribution in [0.2, 0.25) is 0 Å². The largest absolute Gasteiger partial charge is 0.392 e. The third-order valence-electron chi connectivity index (χ3n) is 5.20. The van der Waals surface area contributed by atoms with E-state index in [-0.39, 0.29) is 6.61 Å². The van der Waals surface area contributed by atoms with Crippen molar-refractivity contribution in [1.29, 1.82) is 0 Å². The number of fused-ring (bicyclic) bond motifs is 3. The molecular weight excluding hydrogens is 236 g/mol. The highest BCUT2D eigenvalue weighted by molar-refractivity contribution is 5.80. The number of aliphatic hydroxyl groups is 1. The van der Waals surface area contributed by atoms with Crippen LogP contribution >= 0.6 is 0 Å². The van der Waals surface area contributed by atoms with Crippen molar-refractivity contribution in [2.45, 2.75) is 38.8 Å². The first-order valence-corrected chi connectivity index (χ1v) is 7.38. The molecule has 0 amide bonds. The van der Waals surface area contributed by atoms with Crippen molar-refractivity contribution in [2.24, 2.45) is 17.8 Å². The molecule has 0 spiro atoms. The molecule has 100 valence electrons. The van der Waals surface area contributed by atoms with Crippen LogP contribution in [0.3, 0.4) is 0 Å². The van der Waals surface area contributed by atoms with Crippen molar-refractivity contribution in [3.8, 4) is 0 Å². The molecule has 2 fully saturated rings. The van der Waals surface area contributed by atoms with E-state index < -0.39 is 0 Å². The molecule has 0 aromatic carbocycles. The van der Waals surface area contributed by atoms with Gasteiger partial charge in [-0.15, -0.1) is 0 Å². The van der Waals surface area contributed by atoms with E-state index in [4.69, 9.17) is 0 Å². The van der Waals surface area contributed by atoms with Gasteiger partial charge in [0, 0.05) is 29.9 Å². The summed E-state index contributed by atoms with van der Waals surface area (Å²) in [4.78, 5) is 4.51. The summed E-state index contributed by atoms with van der Waals surface area (Å²) in [6.45, 7) is 1.18. The van der Waals surface area contributed by atoms with Crippen LogP contribution in [0.4, 0.5) is 0 Å². The molecule has 2 aliphatic carbocycles. The van der Waals surface area contributed by atoms with Crippen LogP contribution in [0.25, 0.3) is 11.0 Å². The molecule has 3 unspecified atom stereocenters. The molecular formula is C16H20N2O. The lowest BCUT2D eigenvalue weighted by Crippen LogP contribution is -2.17. The zero-order valence-corrected chi connectivity index (χ0v) is 11.1. The molecule has 2 aromatic rings. The fourth-order valence-electron chi connectivity index (χ4n) is 4.31. The number of nitrogens with zero attached hydrogens (tertiary/aromatic N) is 2. The molecule has 2 bridgehead atoms. The summed E-state index contributed by atoms with van der Waals surface area (Å²) in [6.07, 6.45) is 9.67. The number of rotatable bonds is 3. The van der Waals surface area contributed by atoms with Gasteiger partial charge < -0.3 is 9.67 Å². The predicted octanol–water partition coefficient (Wildman–Crippen LogP) is 2.96. The van der Waals surface area contributed by atoms with Crippen LogP contribution in [0, 0.1) is 17.8 Å². The summed E-state index contributed by atoms with van der Waals surface area (Å²) >= 11 is 0. The van der Waals surface area contributed by atoms with Crippen LogP contribution in [0.5, 0.6) is 0 Å². The van der Waals surface area contributed by atoms with E-state index in [1.54, 1.807) is 0 Å². The monoisotopic (exact) mass is 256 g/mol. The zero-order valence-electron chi connectivity index (χ0n) is 11.1. The zero-order chi connectivity index (χ0) is 12.8. The first kappa shape index (κ1) is 11.5. The molecule has 2 aromatic heterocycles. The van der Waals surface area contributed by atoms with E-state index >= 15 is 0 Å². The van der Waals surface area contributed by atoms with Crippen LogP contribution in [0.1, 0.15) is 31.2 Å². The van der Waals surface area contributed by atoms with Gasteiger partial charge in [-0.25, -0.2) is 4.98 Å². The average molecular weight is 256 g/mol. The Morgan fingerprint density at radius 1 is 1.32 bits per heavy atom. The Bertz CT molecular complexity index is 604. The predicted molar refractivity (Wildman–Crippen MR) is 74.6 cm³/mol. The average Bonchev–Trinajstić information content (AvgIpc) is 3.13. The van der Waals surface area contributed by atoms with Crippen molar-refractivity contribution in [3.05, 3.63) is 30.1 Å². The first-order valence-electron chi connectivity index (χ1n) is 7.38. The Hall–Kier alpha value is -1.35. The van der Waals surface area contributed by atoms with E-state index in [0.717, 1.165) is 40.9 Å². The first-order chi connectivity index (χ1) is 9.35. The van der Waals surface area contributed by atoms with Crippen LogP contribution < -0.4 is 0 Å². The Morgan fingerprint density at radius 3 is 3.00 bits per heavy atom. The van der Waals surface area contributed by atoms with Gasteiger partial charge in [0.2, 0.25) is 0 Å². The maximum Gasteiger partial charge on any atom is 0.140 e. The Balaban J connectivity index is 1.67.